The van der Waals surface area contributed by atoms with Gasteiger partial charge in [0.25, 0.3) is 0 Å². The number of nitrogens with one attached hydrogen (secondary N) is 2. The molecular weight excluding hydrogens is 454 g/mol. The van der Waals surface area contributed by atoms with E-state index in [9.17, 15) is 22.3 Å². The van der Waals surface area contributed by atoms with E-state index in [4.69, 9.17) is 9.47 Å². The molecule has 1 aliphatic carbocycles. The average molecular weight is 485 g/mol. The number of sulfonamides is 1. The lowest BCUT2D eigenvalue weighted by Gasteiger charge is -2.33. The fourth-order valence-electron chi connectivity index (χ4n) is 4.12. The van der Waals surface area contributed by atoms with E-state index in [2.05, 4.69) is 10.0 Å². The number of aliphatic hydroxyl groups excluding tert-OH is 1. The van der Waals surface area contributed by atoms with Crippen LogP contribution in [0, 0.1) is 17.6 Å². The first-order valence-electron chi connectivity index (χ1n) is 10.8. The van der Waals surface area contributed by atoms with Crippen molar-refractivity contribution in [2.45, 2.75) is 55.8 Å². The van der Waals surface area contributed by atoms with Gasteiger partial charge in [0.2, 0.25) is 10.0 Å². The second kappa shape index (κ2) is 10.8. The van der Waals surface area contributed by atoms with Crippen molar-refractivity contribution in [3.8, 4) is 11.5 Å². The zero-order valence-corrected chi connectivity index (χ0v) is 19.7. The third-order valence-electron chi connectivity index (χ3n) is 6.06. The molecule has 2 atom stereocenters. The van der Waals surface area contributed by atoms with Crippen molar-refractivity contribution < 1.29 is 31.8 Å². The second-order valence-corrected chi connectivity index (χ2v) is 9.94. The Morgan fingerprint density at radius 1 is 1.00 bits per heavy atom. The summed E-state index contributed by atoms with van der Waals surface area (Å²) in [5, 5.41) is 13.7. The molecule has 0 heterocycles. The van der Waals surface area contributed by atoms with Crippen molar-refractivity contribution in [1.82, 2.24) is 10.0 Å². The molecule has 1 fully saturated rings. The molecule has 0 bridgehead atoms. The summed E-state index contributed by atoms with van der Waals surface area (Å²) in [6, 6.07) is 7.61. The Balaban J connectivity index is 1.58. The van der Waals surface area contributed by atoms with Gasteiger partial charge in [-0.05, 0) is 56.2 Å². The zero-order valence-electron chi connectivity index (χ0n) is 18.8. The van der Waals surface area contributed by atoms with Gasteiger partial charge in [0.05, 0.1) is 14.2 Å². The molecule has 1 unspecified atom stereocenters. The molecule has 3 N–H and O–H groups in total. The SMILES string of the molecule is COc1cc(F)c(S(=O)(=O)NC2CCC(C(O)N[C@H](C)c3ccc(F)cc3)CC2)cc1OC. The fourth-order valence-corrected chi connectivity index (χ4v) is 5.50. The molecule has 2 aromatic rings. The number of benzene rings is 2. The van der Waals surface area contributed by atoms with Crippen molar-refractivity contribution in [1.29, 1.82) is 0 Å². The van der Waals surface area contributed by atoms with E-state index in [0.717, 1.165) is 17.7 Å². The highest BCUT2D eigenvalue weighted by Gasteiger charge is 2.31. The van der Waals surface area contributed by atoms with Crippen LogP contribution in [-0.2, 0) is 10.0 Å². The quantitative estimate of drug-likeness (QED) is 0.472. The summed E-state index contributed by atoms with van der Waals surface area (Å²) < 4.78 is 65.8. The van der Waals surface area contributed by atoms with E-state index < -0.39 is 27.0 Å². The van der Waals surface area contributed by atoms with Crippen LogP contribution in [0.15, 0.2) is 41.3 Å². The molecule has 0 spiro atoms. The van der Waals surface area contributed by atoms with Gasteiger partial charge < -0.3 is 14.6 Å². The molecule has 1 aliphatic rings. The predicted octanol–water partition coefficient (Wildman–Crippen LogP) is 3.49. The lowest BCUT2D eigenvalue weighted by atomic mass is 9.85. The molecule has 0 aliphatic heterocycles. The highest BCUT2D eigenvalue weighted by Crippen LogP contribution is 2.33. The van der Waals surface area contributed by atoms with Gasteiger partial charge in [-0.25, -0.2) is 21.9 Å². The Morgan fingerprint density at radius 2 is 1.58 bits per heavy atom. The first-order chi connectivity index (χ1) is 15.6. The van der Waals surface area contributed by atoms with Crippen LogP contribution < -0.4 is 19.5 Å². The monoisotopic (exact) mass is 484 g/mol. The van der Waals surface area contributed by atoms with E-state index in [1.807, 2.05) is 6.92 Å². The molecule has 7 nitrogen and oxygen atoms in total. The van der Waals surface area contributed by atoms with Crippen LogP contribution in [0.5, 0.6) is 11.5 Å². The molecule has 0 aromatic heterocycles. The number of hydrogen-bond acceptors (Lipinski definition) is 6. The molecule has 3 rings (SSSR count). The van der Waals surface area contributed by atoms with Gasteiger partial charge in [0, 0.05) is 24.2 Å². The molecule has 0 amide bonds. The van der Waals surface area contributed by atoms with Crippen LogP contribution in [0.4, 0.5) is 8.78 Å². The Kier molecular flexibility index (Phi) is 8.28. The number of aliphatic hydroxyl groups is 1. The topological polar surface area (TPSA) is 96.9 Å². The maximum atomic E-state index is 14.4. The van der Waals surface area contributed by atoms with Crippen molar-refractivity contribution in [3.63, 3.8) is 0 Å². The summed E-state index contributed by atoms with van der Waals surface area (Å²) in [5.74, 6) is -1.09. The normalized spacial score (nSPS) is 20.8. The summed E-state index contributed by atoms with van der Waals surface area (Å²) in [7, 11) is -1.43. The average Bonchev–Trinajstić information content (AvgIpc) is 2.79. The van der Waals surface area contributed by atoms with E-state index in [0.29, 0.717) is 25.7 Å². The smallest absolute Gasteiger partial charge is 0.243 e. The largest absolute Gasteiger partial charge is 0.493 e. The minimum Gasteiger partial charge on any atom is -0.493 e. The minimum atomic E-state index is -4.11. The van der Waals surface area contributed by atoms with Crippen LogP contribution in [0.2, 0.25) is 0 Å². The van der Waals surface area contributed by atoms with Crippen LogP contribution in [0.1, 0.15) is 44.2 Å². The van der Waals surface area contributed by atoms with Gasteiger partial charge >= 0.3 is 0 Å². The molecule has 10 heteroatoms. The Hall–Kier alpha value is -2.27. The molecule has 0 saturated heterocycles. The maximum Gasteiger partial charge on any atom is 0.243 e. The number of rotatable bonds is 9. The standard InChI is InChI=1S/C23H30F2N2O5S/c1-14(15-4-8-17(24)9-5-15)26-23(28)16-6-10-18(11-7-16)27-33(29,30)22-13-21(32-3)20(31-2)12-19(22)25/h4-5,8-9,12-14,16,18,23,26-28H,6-7,10-11H2,1-3H3/t14-,16?,18?,23?/m1/s1. The van der Waals surface area contributed by atoms with Gasteiger partial charge in [-0.1, -0.05) is 12.1 Å². The summed E-state index contributed by atoms with van der Waals surface area (Å²) in [6.45, 7) is 1.88. The fraction of sp³-hybridized carbons (Fsp3) is 0.478. The van der Waals surface area contributed by atoms with Gasteiger partial charge in [-0.3, -0.25) is 5.32 Å². The predicted molar refractivity (Wildman–Crippen MR) is 120 cm³/mol. The lowest BCUT2D eigenvalue weighted by molar-refractivity contribution is 0.0429. The molecule has 2 aromatic carbocycles. The maximum absolute atomic E-state index is 14.4. The summed E-state index contributed by atoms with van der Waals surface area (Å²) in [4.78, 5) is -0.503. The van der Waals surface area contributed by atoms with Gasteiger partial charge in [-0.15, -0.1) is 0 Å². The second-order valence-electron chi connectivity index (χ2n) is 8.26. The number of ether oxygens (including phenoxy) is 2. The van der Waals surface area contributed by atoms with Crippen LogP contribution in [-0.4, -0.2) is 40.0 Å². The van der Waals surface area contributed by atoms with E-state index >= 15 is 0 Å². The highest BCUT2D eigenvalue weighted by molar-refractivity contribution is 7.89. The Labute approximate surface area is 193 Å². The number of hydrogen-bond donors (Lipinski definition) is 3. The molecule has 33 heavy (non-hydrogen) atoms. The highest BCUT2D eigenvalue weighted by atomic mass is 32.2. The Morgan fingerprint density at radius 3 is 2.15 bits per heavy atom. The molecule has 182 valence electrons. The number of halogens is 2. The first-order valence-corrected chi connectivity index (χ1v) is 12.3. The summed E-state index contributed by atoms with van der Waals surface area (Å²) in [6.07, 6.45) is 1.40. The van der Waals surface area contributed by atoms with Gasteiger partial charge in [0.15, 0.2) is 11.5 Å². The zero-order chi connectivity index (χ0) is 24.2. The minimum absolute atomic E-state index is 0.0635. The molecular formula is C23H30F2N2O5S. The van der Waals surface area contributed by atoms with E-state index in [-0.39, 0.29) is 35.3 Å². The van der Waals surface area contributed by atoms with Gasteiger partial charge in [-0.2, -0.15) is 0 Å². The van der Waals surface area contributed by atoms with Crippen molar-refractivity contribution in [2.24, 2.45) is 5.92 Å². The van der Waals surface area contributed by atoms with Crippen LogP contribution in [0.25, 0.3) is 0 Å². The van der Waals surface area contributed by atoms with Crippen molar-refractivity contribution in [3.05, 3.63) is 53.6 Å². The van der Waals surface area contributed by atoms with Crippen molar-refractivity contribution >= 4 is 10.0 Å². The van der Waals surface area contributed by atoms with Gasteiger partial charge in [0.1, 0.15) is 22.8 Å². The molecule has 0 radical (unpaired) electrons. The van der Waals surface area contributed by atoms with E-state index in [1.165, 1.54) is 26.4 Å². The first kappa shape index (κ1) is 25.4. The summed E-state index contributed by atoms with van der Waals surface area (Å²) >= 11 is 0. The van der Waals surface area contributed by atoms with Crippen LogP contribution >= 0.6 is 0 Å². The lowest BCUT2D eigenvalue weighted by Crippen LogP contribution is -2.43. The van der Waals surface area contributed by atoms with E-state index in [1.54, 1.807) is 12.1 Å². The Bertz CT molecular complexity index is 1040. The third kappa shape index (κ3) is 6.20. The van der Waals surface area contributed by atoms with Crippen molar-refractivity contribution in [2.75, 3.05) is 14.2 Å². The van der Waals surface area contributed by atoms with Crippen LogP contribution in [0.3, 0.4) is 0 Å². The summed E-state index contributed by atoms with van der Waals surface area (Å²) in [5.41, 5.74) is 0.855. The molecule has 1 saturated carbocycles. The third-order valence-corrected chi connectivity index (χ3v) is 7.59. The number of methoxy groups -OCH3 is 2.